The van der Waals surface area contributed by atoms with Gasteiger partial charge in [-0.25, -0.2) is 0 Å². The van der Waals surface area contributed by atoms with Crippen LogP contribution in [0, 0.1) is 0 Å². The van der Waals surface area contributed by atoms with Crippen molar-refractivity contribution in [1.82, 2.24) is 0 Å². The predicted molar refractivity (Wildman–Crippen MR) is 52.1 cm³/mol. The summed E-state index contributed by atoms with van der Waals surface area (Å²) >= 11 is 0. The highest BCUT2D eigenvalue weighted by molar-refractivity contribution is 6.37. The van der Waals surface area contributed by atoms with E-state index in [0.29, 0.717) is 5.71 Å². The number of hydrogen-bond donors (Lipinski definition) is 0. The molecule has 2 heteroatoms. The van der Waals surface area contributed by atoms with Gasteiger partial charge in [-0.05, 0) is 19.4 Å². The lowest BCUT2D eigenvalue weighted by atomic mass is 9.93. The first-order chi connectivity index (χ1) is 6.15. The lowest BCUT2D eigenvalue weighted by molar-refractivity contribution is -0.102. The summed E-state index contributed by atoms with van der Waals surface area (Å²) in [5.41, 5.74) is 2.44. The van der Waals surface area contributed by atoms with E-state index >= 15 is 0 Å². The predicted octanol–water partition coefficient (Wildman–Crippen LogP) is 1.92. The SMILES string of the molecule is CC1(C)N=C(C=O)c2ccccc21. The Morgan fingerprint density at radius 2 is 2.00 bits per heavy atom. The van der Waals surface area contributed by atoms with E-state index in [1.807, 2.05) is 38.1 Å². The summed E-state index contributed by atoms with van der Waals surface area (Å²) in [7, 11) is 0. The van der Waals surface area contributed by atoms with E-state index in [1.165, 1.54) is 0 Å². The van der Waals surface area contributed by atoms with E-state index < -0.39 is 0 Å². The smallest absolute Gasteiger partial charge is 0.168 e. The molecule has 0 saturated heterocycles. The van der Waals surface area contributed by atoms with Crippen LogP contribution in [-0.2, 0) is 10.3 Å². The Labute approximate surface area is 77.3 Å². The molecule has 0 aliphatic carbocycles. The average molecular weight is 173 g/mol. The molecule has 0 bridgehead atoms. The lowest BCUT2D eigenvalue weighted by Gasteiger charge is -2.15. The Morgan fingerprint density at radius 1 is 1.31 bits per heavy atom. The third-order valence-corrected chi connectivity index (χ3v) is 2.37. The van der Waals surface area contributed by atoms with Crippen LogP contribution < -0.4 is 0 Å². The summed E-state index contributed by atoms with van der Waals surface area (Å²) in [6.07, 6.45) is 0.827. The first-order valence-electron chi connectivity index (χ1n) is 4.30. The number of aliphatic imine (C=N–C) groups is 1. The van der Waals surface area contributed by atoms with Crippen LogP contribution in [0.25, 0.3) is 0 Å². The van der Waals surface area contributed by atoms with E-state index in [-0.39, 0.29) is 5.54 Å². The zero-order chi connectivity index (χ0) is 9.47. The summed E-state index contributed by atoms with van der Waals surface area (Å²) in [6.45, 7) is 4.03. The van der Waals surface area contributed by atoms with Gasteiger partial charge in [0.25, 0.3) is 0 Å². The maximum Gasteiger partial charge on any atom is 0.168 e. The van der Waals surface area contributed by atoms with Gasteiger partial charge >= 0.3 is 0 Å². The number of rotatable bonds is 1. The van der Waals surface area contributed by atoms with Crippen LogP contribution in [0.5, 0.6) is 0 Å². The van der Waals surface area contributed by atoms with Gasteiger partial charge in [-0.3, -0.25) is 9.79 Å². The van der Waals surface area contributed by atoms with Gasteiger partial charge in [0, 0.05) is 5.56 Å². The van der Waals surface area contributed by atoms with Crippen molar-refractivity contribution in [2.75, 3.05) is 0 Å². The second kappa shape index (κ2) is 2.52. The summed E-state index contributed by atoms with van der Waals surface area (Å²) in [5.74, 6) is 0. The minimum atomic E-state index is -0.243. The molecule has 0 saturated carbocycles. The van der Waals surface area contributed by atoms with Gasteiger partial charge in [0.15, 0.2) is 6.29 Å². The molecule has 0 unspecified atom stereocenters. The van der Waals surface area contributed by atoms with Crippen LogP contribution in [0.1, 0.15) is 25.0 Å². The molecule has 66 valence electrons. The lowest BCUT2D eigenvalue weighted by Crippen LogP contribution is -2.09. The van der Waals surface area contributed by atoms with Crippen molar-refractivity contribution in [3.8, 4) is 0 Å². The van der Waals surface area contributed by atoms with Gasteiger partial charge in [0.05, 0.1) is 5.54 Å². The van der Waals surface area contributed by atoms with Crippen molar-refractivity contribution >= 4 is 12.0 Å². The Hall–Kier alpha value is -1.44. The number of aldehydes is 1. The molecule has 2 nitrogen and oxygen atoms in total. The quantitative estimate of drug-likeness (QED) is 0.596. The summed E-state index contributed by atoms with van der Waals surface area (Å²) in [6, 6.07) is 7.87. The van der Waals surface area contributed by atoms with Crippen molar-refractivity contribution < 1.29 is 4.79 Å². The molecular formula is C11H11NO. The fraction of sp³-hybridized carbons (Fsp3) is 0.273. The fourth-order valence-corrected chi connectivity index (χ4v) is 1.75. The Bertz CT molecular complexity index is 391. The first-order valence-corrected chi connectivity index (χ1v) is 4.30. The zero-order valence-electron chi connectivity index (χ0n) is 7.74. The van der Waals surface area contributed by atoms with Gasteiger partial charge in [0.2, 0.25) is 0 Å². The van der Waals surface area contributed by atoms with E-state index in [1.54, 1.807) is 0 Å². The molecule has 0 atom stereocenters. The molecule has 0 radical (unpaired) electrons. The molecular weight excluding hydrogens is 162 g/mol. The molecule has 2 rings (SSSR count). The first kappa shape index (κ1) is 8.17. The number of hydrogen-bond acceptors (Lipinski definition) is 2. The monoisotopic (exact) mass is 173 g/mol. The summed E-state index contributed by atoms with van der Waals surface area (Å²) in [5, 5.41) is 0. The Balaban J connectivity index is 2.67. The highest BCUT2D eigenvalue weighted by Crippen LogP contribution is 2.33. The average Bonchev–Trinajstić information content (AvgIpc) is 2.39. The molecule has 1 aromatic rings. The van der Waals surface area contributed by atoms with Gasteiger partial charge in [0.1, 0.15) is 5.71 Å². The van der Waals surface area contributed by atoms with Crippen molar-refractivity contribution in [3.63, 3.8) is 0 Å². The maximum atomic E-state index is 10.7. The van der Waals surface area contributed by atoms with Crippen LogP contribution in [0.2, 0.25) is 0 Å². The largest absolute Gasteiger partial charge is 0.296 e. The number of nitrogens with zero attached hydrogens (tertiary/aromatic N) is 1. The van der Waals surface area contributed by atoms with Crippen LogP contribution >= 0.6 is 0 Å². The van der Waals surface area contributed by atoms with Crippen LogP contribution in [0.4, 0.5) is 0 Å². The van der Waals surface area contributed by atoms with Gasteiger partial charge in [-0.15, -0.1) is 0 Å². The third kappa shape index (κ3) is 1.10. The third-order valence-electron chi connectivity index (χ3n) is 2.37. The van der Waals surface area contributed by atoms with Crippen molar-refractivity contribution in [1.29, 1.82) is 0 Å². The highest BCUT2D eigenvalue weighted by Gasteiger charge is 2.30. The number of benzene rings is 1. The van der Waals surface area contributed by atoms with Crippen molar-refractivity contribution in [2.45, 2.75) is 19.4 Å². The second-order valence-corrected chi connectivity index (χ2v) is 3.72. The van der Waals surface area contributed by atoms with Gasteiger partial charge in [-0.1, -0.05) is 24.3 Å². The fourth-order valence-electron chi connectivity index (χ4n) is 1.75. The summed E-state index contributed by atoms with van der Waals surface area (Å²) in [4.78, 5) is 15.1. The number of fused-ring (bicyclic) bond motifs is 1. The van der Waals surface area contributed by atoms with Gasteiger partial charge in [-0.2, -0.15) is 0 Å². The molecule has 1 heterocycles. The van der Waals surface area contributed by atoms with Gasteiger partial charge < -0.3 is 0 Å². The van der Waals surface area contributed by atoms with Crippen molar-refractivity contribution in [2.24, 2.45) is 4.99 Å². The van der Waals surface area contributed by atoms with E-state index in [2.05, 4.69) is 4.99 Å². The van der Waals surface area contributed by atoms with E-state index in [4.69, 9.17) is 0 Å². The Morgan fingerprint density at radius 3 is 2.69 bits per heavy atom. The molecule has 13 heavy (non-hydrogen) atoms. The minimum Gasteiger partial charge on any atom is -0.296 e. The number of carbonyl (C=O) groups excluding carboxylic acids is 1. The maximum absolute atomic E-state index is 10.7. The Kier molecular flexibility index (Phi) is 1.59. The molecule has 1 aliphatic rings. The molecule has 0 amide bonds. The standard InChI is InChI=1S/C11H11NO/c1-11(2)9-6-4-3-5-8(9)10(7-13)12-11/h3-7H,1-2H3. The molecule has 0 spiro atoms. The highest BCUT2D eigenvalue weighted by atomic mass is 16.1. The molecule has 1 aliphatic heterocycles. The topological polar surface area (TPSA) is 29.4 Å². The van der Waals surface area contributed by atoms with Crippen LogP contribution in [0.15, 0.2) is 29.3 Å². The van der Waals surface area contributed by atoms with Crippen molar-refractivity contribution in [3.05, 3.63) is 35.4 Å². The van der Waals surface area contributed by atoms with Crippen LogP contribution in [-0.4, -0.2) is 12.0 Å². The molecule has 0 aromatic heterocycles. The van der Waals surface area contributed by atoms with E-state index in [9.17, 15) is 4.79 Å². The molecule has 1 aromatic carbocycles. The number of carbonyl (C=O) groups is 1. The summed E-state index contributed by atoms with van der Waals surface area (Å²) < 4.78 is 0. The minimum absolute atomic E-state index is 0.243. The molecule has 0 N–H and O–H groups in total. The van der Waals surface area contributed by atoms with Crippen LogP contribution in [0.3, 0.4) is 0 Å². The zero-order valence-corrected chi connectivity index (χ0v) is 7.74. The second-order valence-electron chi connectivity index (χ2n) is 3.72. The van der Waals surface area contributed by atoms with E-state index in [0.717, 1.165) is 17.4 Å². The normalized spacial score (nSPS) is 17.8. The molecule has 0 fully saturated rings.